The molecule has 0 saturated heterocycles. The van der Waals surface area contributed by atoms with Gasteiger partial charge in [0.2, 0.25) is 0 Å². The van der Waals surface area contributed by atoms with Crippen molar-refractivity contribution in [3.8, 4) is 0 Å². The summed E-state index contributed by atoms with van der Waals surface area (Å²) in [6, 6.07) is 21.0. The van der Waals surface area contributed by atoms with Crippen LogP contribution in [-0.2, 0) is 22.7 Å². The third kappa shape index (κ3) is 5.53. The van der Waals surface area contributed by atoms with Gasteiger partial charge in [-0.25, -0.2) is 0 Å². The molecule has 0 saturated carbocycles. The minimum Gasteiger partial charge on any atom is -0.375 e. The number of rotatable bonds is 9. The van der Waals surface area contributed by atoms with Gasteiger partial charge in [-0.15, -0.1) is 0 Å². The molecule has 138 valence electrons. The van der Waals surface area contributed by atoms with Gasteiger partial charge in [-0.05, 0) is 24.1 Å². The van der Waals surface area contributed by atoms with E-state index in [1.54, 1.807) is 0 Å². The summed E-state index contributed by atoms with van der Waals surface area (Å²) >= 11 is 0. The molecule has 3 rings (SSSR count). The van der Waals surface area contributed by atoms with Crippen LogP contribution in [0.2, 0.25) is 0 Å². The van der Waals surface area contributed by atoms with Gasteiger partial charge in [0.25, 0.3) is 0 Å². The summed E-state index contributed by atoms with van der Waals surface area (Å²) in [6.45, 7) is 6.21. The Morgan fingerprint density at radius 2 is 1.58 bits per heavy atom. The van der Waals surface area contributed by atoms with Gasteiger partial charge < -0.3 is 9.47 Å². The number of ether oxygens (including phenoxy) is 2. The molecule has 0 aromatic heterocycles. The first-order valence-corrected chi connectivity index (χ1v) is 9.54. The zero-order valence-electron chi connectivity index (χ0n) is 15.6. The maximum absolute atomic E-state index is 6.25. The number of hydrogen-bond donors (Lipinski definition) is 0. The van der Waals surface area contributed by atoms with E-state index in [2.05, 4.69) is 72.5 Å². The molecule has 1 heterocycles. The molecule has 0 spiro atoms. The molecule has 1 aliphatic heterocycles. The third-order valence-corrected chi connectivity index (χ3v) is 4.71. The molecule has 2 unspecified atom stereocenters. The Morgan fingerprint density at radius 3 is 2.23 bits per heavy atom. The van der Waals surface area contributed by atoms with Gasteiger partial charge in [0.1, 0.15) is 0 Å². The van der Waals surface area contributed by atoms with Gasteiger partial charge in [-0.1, -0.05) is 79.7 Å². The molecule has 0 amide bonds. The van der Waals surface area contributed by atoms with Gasteiger partial charge in [0.15, 0.2) is 0 Å². The number of hydrogen-bond acceptors (Lipinski definition) is 3. The summed E-state index contributed by atoms with van der Waals surface area (Å²) in [6.07, 6.45) is 5.62. The van der Waals surface area contributed by atoms with Crippen molar-refractivity contribution in [3.63, 3.8) is 0 Å². The monoisotopic (exact) mass is 351 g/mol. The topological polar surface area (TPSA) is 21.7 Å². The van der Waals surface area contributed by atoms with E-state index in [0.29, 0.717) is 19.8 Å². The fourth-order valence-electron chi connectivity index (χ4n) is 3.35. The lowest BCUT2D eigenvalue weighted by Crippen LogP contribution is -2.49. The van der Waals surface area contributed by atoms with Crippen LogP contribution in [0.4, 0.5) is 0 Å². The predicted molar refractivity (Wildman–Crippen MR) is 106 cm³/mol. The van der Waals surface area contributed by atoms with Gasteiger partial charge in [0, 0.05) is 6.54 Å². The highest BCUT2D eigenvalue weighted by atomic mass is 16.5. The molecule has 2 atom stereocenters. The van der Waals surface area contributed by atoms with E-state index in [1.165, 1.54) is 11.1 Å². The molecule has 2 aromatic rings. The molecule has 0 fully saturated rings. The van der Waals surface area contributed by atoms with Crippen LogP contribution in [0.1, 0.15) is 24.5 Å². The Morgan fingerprint density at radius 1 is 0.923 bits per heavy atom. The lowest BCUT2D eigenvalue weighted by atomic mass is 10.0. The van der Waals surface area contributed by atoms with E-state index in [0.717, 1.165) is 19.5 Å². The fraction of sp³-hybridized carbons (Fsp3) is 0.391. The summed E-state index contributed by atoms with van der Waals surface area (Å²) in [5.41, 5.74) is 2.42. The van der Waals surface area contributed by atoms with Crippen LogP contribution in [0.15, 0.2) is 72.8 Å². The Bertz CT molecular complexity index is 656. The first-order valence-electron chi connectivity index (χ1n) is 9.54. The van der Waals surface area contributed by atoms with Crippen molar-refractivity contribution in [1.82, 2.24) is 4.90 Å². The lowest BCUT2D eigenvalue weighted by molar-refractivity contribution is -0.0396. The molecule has 3 nitrogen and oxygen atoms in total. The maximum atomic E-state index is 6.25. The molecule has 1 aliphatic rings. The molecule has 2 aromatic carbocycles. The SMILES string of the molecule is CCCN1CC=CC(OCc2ccccc2)C1COCc1ccccc1. The highest BCUT2D eigenvalue weighted by molar-refractivity contribution is 5.15. The van der Waals surface area contributed by atoms with Crippen molar-refractivity contribution in [2.45, 2.75) is 38.7 Å². The van der Waals surface area contributed by atoms with E-state index in [1.807, 2.05) is 12.1 Å². The number of nitrogens with zero attached hydrogens (tertiary/aromatic N) is 1. The maximum Gasteiger partial charge on any atom is 0.0938 e. The molecule has 0 bridgehead atoms. The number of benzene rings is 2. The van der Waals surface area contributed by atoms with Gasteiger partial charge in [-0.3, -0.25) is 4.90 Å². The second-order valence-electron chi connectivity index (χ2n) is 6.75. The molecular formula is C23H29NO2. The van der Waals surface area contributed by atoms with Crippen LogP contribution in [0, 0.1) is 0 Å². The second kappa shape index (κ2) is 10.3. The van der Waals surface area contributed by atoms with E-state index in [4.69, 9.17) is 9.47 Å². The van der Waals surface area contributed by atoms with Crippen LogP contribution in [0.25, 0.3) is 0 Å². The standard InChI is InChI=1S/C23H29NO2/c1-2-15-24-16-9-14-23(26-18-21-12-7-4-8-13-21)22(24)19-25-17-20-10-5-3-6-11-20/h3-14,22-23H,2,15-19H2,1H3. The zero-order chi connectivity index (χ0) is 18.0. The van der Waals surface area contributed by atoms with Crippen molar-refractivity contribution in [2.75, 3.05) is 19.7 Å². The Hall–Kier alpha value is -1.94. The van der Waals surface area contributed by atoms with Crippen LogP contribution in [0.5, 0.6) is 0 Å². The summed E-state index contributed by atoms with van der Waals surface area (Å²) in [7, 11) is 0. The average molecular weight is 351 g/mol. The minimum absolute atomic E-state index is 0.0614. The Balaban J connectivity index is 1.59. The Labute approximate surface area is 157 Å². The molecule has 0 N–H and O–H groups in total. The van der Waals surface area contributed by atoms with E-state index >= 15 is 0 Å². The largest absolute Gasteiger partial charge is 0.375 e. The predicted octanol–water partition coefficient (Wildman–Crippen LogP) is 4.44. The van der Waals surface area contributed by atoms with Gasteiger partial charge in [0.05, 0.1) is 32.0 Å². The van der Waals surface area contributed by atoms with Crippen molar-refractivity contribution in [3.05, 3.63) is 83.9 Å². The van der Waals surface area contributed by atoms with Crippen LogP contribution in [0.3, 0.4) is 0 Å². The third-order valence-electron chi connectivity index (χ3n) is 4.71. The quantitative estimate of drug-likeness (QED) is 0.624. The van der Waals surface area contributed by atoms with Crippen LogP contribution >= 0.6 is 0 Å². The van der Waals surface area contributed by atoms with E-state index in [-0.39, 0.29) is 12.1 Å². The fourth-order valence-corrected chi connectivity index (χ4v) is 3.35. The second-order valence-corrected chi connectivity index (χ2v) is 6.75. The average Bonchev–Trinajstić information content (AvgIpc) is 2.70. The minimum atomic E-state index is 0.0614. The van der Waals surface area contributed by atoms with Crippen molar-refractivity contribution in [1.29, 1.82) is 0 Å². The highest BCUT2D eigenvalue weighted by Crippen LogP contribution is 2.18. The zero-order valence-corrected chi connectivity index (χ0v) is 15.6. The summed E-state index contributed by atoms with van der Waals surface area (Å²) < 4.78 is 12.3. The first kappa shape index (κ1) is 18.8. The lowest BCUT2D eigenvalue weighted by Gasteiger charge is -2.37. The van der Waals surface area contributed by atoms with E-state index in [9.17, 15) is 0 Å². The molecular weight excluding hydrogens is 322 g/mol. The molecule has 3 heteroatoms. The van der Waals surface area contributed by atoms with Crippen LogP contribution < -0.4 is 0 Å². The molecule has 0 radical (unpaired) electrons. The summed E-state index contributed by atoms with van der Waals surface area (Å²) in [5.74, 6) is 0. The van der Waals surface area contributed by atoms with Gasteiger partial charge in [-0.2, -0.15) is 0 Å². The van der Waals surface area contributed by atoms with Crippen molar-refractivity contribution >= 4 is 0 Å². The molecule has 26 heavy (non-hydrogen) atoms. The molecule has 0 aliphatic carbocycles. The van der Waals surface area contributed by atoms with Gasteiger partial charge >= 0.3 is 0 Å². The van der Waals surface area contributed by atoms with E-state index < -0.39 is 0 Å². The summed E-state index contributed by atoms with van der Waals surface area (Å²) in [4.78, 5) is 2.47. The smallest absolute Gasteiger partial charge is 0.0938 e. The normalized spacial score (nSPS) is 20.3. The van der Waals surface area contributed by atoms with Crippen molar-refractivity contribution in [2.24, 2.45) is 0 Å². The highest BCUT2D eigenvalue weighted by Gasteiger charge is 2.28. The summed E-state index contributed by atoms with van der Waals surface area (Å²) in [5, 5.41) is 0. The first-order chi connectivity index (χ1) is 12.9. The Kier molecular flexibility index (Phi) is 7.44. The van der Waals surface area contributed by atoms with Crippen LogP contribution in [-0.4, -0.2) is 36.7 Å². The van der Waals surface area contributed by atoms with Crippen molar-refractivity contribution < 1.29 is 9.47 Å².